The van der Waals surface area contributed by atoms with E-state index in [1.807, 2.05) is 67.8 Å². The number of rotatable bonds is 4. The number of anilines is 1. The molecule has 1 amide bonds. The Kier molecular flexibility index (Phi) is 6.79. The monoisotopic (exact) mass is 599 g/mol. The Morgan fingerprint density at radius 3 is 2.53 bits per heavy atom. The van der Waals surface area contributed by atoms with E-state index in [2.05, 4.69) is 11.9 Å². The van der Waals surface area contributed by atoms with Gasteiger partial charge in [-0.3, -0.25) is 5.32 Å². The van der Waals surface area contributed by atoms with E-state index in [4.69, 9.17) is 9.84 Å². The molecule has 1 rings (SSSR count). The van der Waals surface area contributed by atoms with Crippen LogP contribution in [0.15, 0.2) is 18.7 Å². The average Bonchev–Trinajstić information content (AvgIpc) is 2.31. The lowest BCUT2D eigenvalue weighted by Crippen LogP contribution is -2.17. The topological polar surface area (TPSA) is 75.6 Å². The highest BCUT2D eigenvalue weighted by molar-refractivity contribution is 14.1. The van der Waals surface area contributed by atoms with Gasteiger partial charge in [0.05, 0.1) is 14.8 Å². The number of aromatic carboxylic acids is 1. The molecule has 1 aromatic rings. The van der Waals surface area contributed by atoms with Gasteiger partial charge in [0.2, 0.25) is 0 Å². The zero-order valence-corrected chi connectivity index (χ0v) is 15.8. The summed E-state index contributed by atoms with van der Waals surface area (Å²) >= 11 is 5.88. The summed E-state index contributed by atoms with van der Waals surface area (Å²) in [4.78, 5) is 22.7. The van der Waals surface area contributed by atoms with Crippen molar-refractivity contribution in [2.45, 2.75) is 0 Å². The number of hydrogen-bond donors (Lipinski definition) is 2. The quantitative estimate of drug-likeness (QED) is 0.407. The van der Waals surface area contributed by atoms with Gasteiger partial charge in [-0.15, -0.1) is 0 Å². The van der Waals surface area contributed by atoms with Crippen molar-refractivity contribution in [2.24, 2.45) is 0 Å². The Morgan fingerprint density at radius 1 is 1.37 bits per heavy atom. The van der Waals surface area contributed by atoms with Crippen molar-refractivity contribution < 1.29 is 19.4 Å². The van der Waals surface area contributed by atoms with Crippen LogP contribution in [0.25, 0.3) is 0 Å². The first kappa shape index (κ1) is 16.9. The minimum atomic E-state index is -1.03. The van der Waals surface area contributed by atoms with Crippen LogP contribution in [0.3, 0.4) is 0 Å². The molecular weight excluding hydrogens is 591 g/mol. The predicted octanol–water partition coefficient (Wildman–Crippen LogP) is 3.93. The van der Waals surface area contributed by atoms with E-state index in [9.17, 15) is 9.59 Å². The number of carbonyl (C=O) groups excluding carboxylic acids is 1. The highest BCUT2D eigenvalue weighted by Crippen LogP contribution is 2.31. The molecule has 0 spiro atoms. The van der Waals surface area contributed by atoms with E-state index in [0.717, 1.165) is 3.57 Å². The van der Waals surface area contributed by atoms with Crippen LogP contribution in [0.4, 0.5) is 10.5 Å². The van der Waals surface area contributed by atoms with Crippen molar-refractivity contribution in [1.82, 2.24) is 0 Å². The van der Waals surface area contributed by atoms with Crippen molar-refractivity contribution in [3.63, 3.8) is 0 Å². The summed E-state index contributed by atoms with van der Waals surface area (Å²) in [5.41, 5.74) is 0.605. The molecule has 0 aliphatic heterocycles. The summed E-state index contributed by atoms with van der Waals surface area (Å²) in [6, 6.07) is 1.69. The molecule has 0 radical (unpaired) electrons. The summed E-state index contributed by atoms with van der Waals surface area (Å²) in [6.45, 7) is 3.53. The highest BCUT2D eigenvalue weighted by atomic mass is 127. The molecule has 0 aliphatic carbocycles. The van der Waals surface area contributed by atoms with E-state index in [1.165, 1.54) is 6.08 Å². The van der Waals surface area contributed by atoms with Gasteiger partial charge >= 0.3 is 12.1 Å². The molecule has 102 valence electrons. The van der Waals surface area contributed by atoms with Gasteiger partial charge in [0.25, 0.3) is 0 Å². The Bertz CT molecular complexity index is 545. The van der Waals surface area contributed by atoms with Gasteiger partial charge in [0.1, 0.15) is 6.61 Å². The van der Waals surface area contributed by atoms with Crippen LogP contribution in [-0.4, -0.2) is 23.8 Å². The van der Waals surface area contributed by atoms with Crippen LogP contribution in [0, 0.1) is 10.7 Å². The standard InChI is InChI=1S/C11H8I3NO4/c1-2-3-19-11(18)15-9-6(13)4-5(12)7(8(9)14)10(16)17/h2,4H,1,3H2,(H,15,18)(H,16,17). The van der Waals surface area contributed by atoms with Crippen molar-refractivity contribution >= 4 is 85.5 Å². The summed E-state index contributed by atoms with van der Waals surface area (Å²) in [5.74, 6) is -1.03. The summed E-state index contributed by atoms with van der Waals surface area (Å²) in [6.07, 6.45) is 0.805. The number of amides is 1. The van der Waals surface area contributed by atoms with Gasteiger partial charge in [0, 0.05) is 7.14 Å². The van der Waals surface area contributed by atoms with Gasteiger partial charge in [-0.05, 0) is 73.8 Å². The van der Waals surface area contributed by atoms with E-state index in [0.29, 0.717) is 12.8 Å². The molecule has 5 nitrogen and oxygen atoms in total. The lowest BCUT2D eigenvalue weighted by Gasteiger charge is -2.13. The van der Waals surface area contributed by atoms with E-state index in [-0.39, 0.29) is 12.2 Å². The van der Waals surface area contributed by atoms with E-state index < -0.39 is 12.1 Å². The highest BCUT2D eigenvalue weighted by Gasteiger charge is 2.20. The first-order valence-electron chi connectivity index (χ1n) is 4.84. The molecule has 0 fully saturated rings. The number of carboxylic acid groups (broad SMARTS) is 1. The third-order valence-corrected chi connectivity index (χ3v) is 4.72. The number of halogens is 3. The summed E-state index contributed by atoms with van der Waals surface area (Å²) in [5, 5.41) is 11.7. The van der Waals surface area contributed by atoms with Crippen molar-refractivity contribution in [1.29, 1.82) is 0 Å². The van der Waals surface area contributed by atoms with Crippen LogP contribution >= 0.6 is 67.8 Å². The van der Waals surface area contributed by atoms with Crippen molar-refractivity contribution in [3.05, 3.63) is 35.0 Å². The van der Waals surface area contributed by atoms with Crippen molar-refractivity contribution in [3.8, 4) is 0 Å². The van der Waals surface area contributed by atoms with Gasteiger partial charge < -0.3 is 9.84 Å². The molecule has 0 aliphatic rings. The van der Waals surface area contributed by atoms with Gasteiger partial charge in [-0.2, -0.15) is 0 Å². The summed E-state index contributed by atoms with van der Waals surface area (Å²) < 4.78 is 6.64. The van der Waals surface area contributed by atoms with Crippen molar-refractivity contribution in [2.75, 3.05) is 11.9 Å². The molecule has 0 bridgehead atoms. The number of ether oxygens (including phenoxy) is 1. The number of nitrogens with one attached hydrogen (secondary N) is 1. The fourth-order valence-electron chi connectivity index (χ4n) is 1.17. The smallest absolute Gasteiger partial charge is 0.412 e. The summed E-state index contributed by atoms with van der Waals surface area (Å²) in [7, 11) is 0. The molecule has 0 unspecified atom stereocenters. The second kappa shape index (κ2) is 7.61. The number of hydrogen-bond acceptors (Lipinski definition) is 3. The van der Waals surface area contributed by atoms with Crippen LogP contribution < -0.4 is 5.32 Å². The number of carboxylic acids is 1. The molecule has 1 aromatic carbocycles. The normalized spacial score (nSPS) is 9.84. The zero-order chi connectivity index (χ0) is 14.6. The molecule has 0 saturated heterocycles. The van der Waals surface area contributed by atoms with Gasteiger partial charge in [-0.25, -0.2) is 9.59 Å². The third-order valence-electron chi connectivity index (χ3n) is 1.94. The Labute approximate surface area is 150 Å². The molecule has 8 heteroatoms. The molecule has 19 heavy (non-hydrogen) atoms. The van der Waals surface area contributed by atoms with Crippen LogP contribution in [0.1, 0.15) is 10.4 Å². The predicted molar refractivity (Wildman–Crippen MR) is 96.7 cm³/mol. The lowest BCUT2D eigenvalue weighted by molar-refractivity contribution is 0.0694. The maximum Gasteiger partial charge on any atom is 0.412 e. The van der Waals surface area contributed by atoms with Gasteiger partial charge in [0.15, 0.2) is 0 Å². The molecule has 0 atom stereocenters. The zero-order valence-electron chi connectivity index (χ0n) is 9.37. The first-order chi connectivity index (χ1) is 8.88. The van der Waals surface area contributed by atoms with Crippen LogP contribution in [0.2, 0.25) is 0 Å². The minimum Gasteiger partial charge on any atom is -0.478 e. The minimum absolute atomic E-state index is 0.0924. The first-order valence-corrected chi connectivity index (χ1v) is 8.07. The molecular formula is C11H8I3NO4. The number of benzene rings is 1. The average molecular weight is 599 g/mol. The second-order valence-corrected chi connectivity index (χ2v) is 6.62. The molecule has 0 saturated carbocycles. The maximum atomic E-state index is 11.5. The van der Waals surface area contributed by atoms with Crippen LogP contribution in [0.5, 0.6) is 0 Å². The second-order valence-electron chi connectivity index (χ2n) is 3.22. The SMILES string of the molecule is C=CCOC(=O)Nc1c(I)cc(I)c(C(=O)O)c1I. The maximum absolute atomic E-state index is 11.5. The largest absolute Gasteiger partial charge is 0.478 e. The molecule has 0 heterocycles. The third kappa shape index (κ3) is 4.44. The van der Waals surface area contributed by atoms with E-state index >= 15 is 0 Å². The fourth-order valence-corrected chi connectivity index (χ4v) is 5.28. The van der Waals surface area contributed by atoms with E-state index in [1.54, 1.807) is 6.07 Å². The fraction of sp³-hybridized carbons (Fsp3) is 0.0909. The Hall–Kier alpha value is -0.110. The molecule has 2 N–H and O–H groups in total. The lowest BCUT2D eigenvalue weighted by atomic mass is 10.2. The molecule has 0 aromatic heterocycles. The Balaban J connectivity index is 3.14. The van der Waals surface area contributed by atoms with Gasteiger partial charge in [-0.1, -0.05) is 12.7 Å². The number of carbonyl (C=O) groups is 2. The van der Waals surface area contributed by atoms with Crippen LogP contribution in [-0.2, 0) is 4.74 Å². The Morgan fingerprint density at radius 2 is 2.00 bits per heavy atom.